The molecule has 1 N–H and O–H groups in total. The van der Waals surface area contributed by atoms with Crippen molar-refractivity contribution < 1.29 is 24.2 Å². The SMILES string of the molecule is CC1Oc2ccccc2OC1C(=O)N1CCC[C@H]1C(=O)O. The van der Waals surface area contributed by atoms with Crippen LogP contribution >= 0.6 is 0 Å². The molecule has 0 aliphatic carbocycles. The monoisotopic (exact) mass is 291 g/mol. The predicted molar refractivity (Wildman–Crippen MR) is 73.3 cm³/mol. The number of hydrogen-bond acceptors (Lipinski definition) is 4. The number of hydrogen-bond donors (Lipinski definition) is 1. The van der Waals surface area contributed by atoms with E-state index < -0.39 is 24.2 Å². The van der Waals surface area contributed by atoms with E-state index in [9.17, 15) is 14.7 Å². The Labute approximate surface area is 122 Å². The number of nitrogens with zero attached hydrogens (tertiary/aromatic N) is 1. The molecule has 21 heavy (non-hydrogen) atoms. The van der Waals surface area contributed by atoms with Crippen LogP contribution in [-0.4, -0.2) is 46.7 Å². The molecule has 0 bridgehead atoms. The Morgan fingerprint density at radius 3 is 2.57 bits per heavy atom. The van der Waals surface area contributed by atoms with Gasteiger partial charge in [0.2, 0.25) is 6.10 Å². The summed E-state index contributed by atoms with van der Waals surface area (Å²) in [6.45, 7) is 2.20. The number of aliphatic carboxylic acids is 1. The van der Waals surface area contributed by atoms with Gasteiger partial charge in [-0.3, -0.25) is 4.79 Å². The first-order valence-corrected chi connectivity index (χ1v) is 7.03. The number of carboxylic acids is 1. The largest absolute Gasteiger partial charge is 0.482 e. The molecule has 1 amide bonds. The van der Waals surface area contributed by atoms with E-state index in [0.29, 0.717) is 30.9 Å². The molecule has 1 aromatic carbocycles. The number of rotatable bonds is 2. The number of carbonyl (C=O) groups is 2. The van der Waals surface area contributed by atoms with Crippen LogP contribution in [0, 0.1) is 0 Å². The molecule has 1 aromatic rings. The topological polar surface area (TPSA) is 76.1 Å². The molecule has 3 rings (SSSR count). The first-order chi connectivity index (χ1) is 10.1. The van der Waals surface area contributed by atoms with Gasteiger partial charge in [0.15, 0.2) is 11.5 Å². The van der Waals surface area contributed by atoms with Crippen molar-refractivity contribution >= 4 is 11.9 Å². The Morgan fingerprint density at radius 2 is 1.90 bits per heavy atom. The molecule has 0 radical (unpaired) electrons. The van der Waals surface area contributed by atoms with Crippen molar-refractivity contribution in [2.45, 2.75) is 38.0 Å². The Bertz CT molecular complexity index is 573. The molecule has 1 fully saturated rings. The highest BCUT2D eigenvalue weighted by atomic mass is 16.6. The summed E-state index contributed by atoms with van der Waals surface area (Å²) in [6, 6.07) is 6.39. The van der Waals surface area contributed by atoms with E-state index in [1.54, 1.807) is 25.1 Å². The maximum Gasteiger partial charge on any atom is 0.326 e. The van der Waals surface area contributed by atoms with Gasteiger partial charge in [0.1, 0.15) is 12.1 Å². The van der Waals surface area contributed by atoms with Gasteiger partial charge < -0.3 is 19.5 Å². The molecule has 6 nitrogen and oxygen atoms in total. The highest BCUT2D eigenvalue weighted by molar-refractivity contribution is 5.88. The summed E-state index contributed by atoms with van der Waals surface area (Å²) in [5.74, 6) is -0.169. The van der Waals surface area contributed by atoms with Crippen LogP contribution in [0.25, 0.3) is 0 Å². The molecule has 3 atom stereocenters. The van der Waals surface area contributed by atoms with Gasteiger partial charge in [0, 0.05) is 6.54 Å². The van der Waals surface area contributed by atoms with Crippen molar-refractivity contribution in [3.05, 3.63) is 24.3 Å². The minimum Gasteiger partial charge on any atom is -0.482 e. The molecule has 1 saturated heterocycles. The highest BCUT2D eigenvalue weighted by Crippen LogP contribution is 2.34. The molecule has 2 aliphatic rings. The van der Waals surface area contributed by atoms with E-state index >= 15 is 0 Å². The van der Waals surface area contributed by atoms with E-state index in [1.165, 1.54) is 4.90 Å². The molecule has 0 saturated carbocycles. The number of carbonyl (C=O) groups excluding carboxylic acids is 1. The molecule has 112 valence electrons. The van der Waals surface area contributed by atoms with Crippen LogP contribution < -0.4 is 9.47 Å². The van der Waals surface area contributed by atoms with Crippen LogP contribution in [0.5, 0.6) is 11.5 Å². The minimum atomic E-state index is -0.967. The smallest absolute Gasteiger partial charge is 0.326 e. The van der Waals surface area contributed by atoms with Crippen molar-refractivity contribution in [3.8, 4) is 11.5 Å². The molecule has 2 unspecified atom stereocenters. The second-order valence-electron chi connectivity index (χ2n) is 5.34. The van der Waals surface area contributed by atoms with E-state index in [4.69, 9.17) is 9.47 Å². The maximum atomic E-state index is 12.6. The molecular weight excluding hydrogens is 274 g/mol. The fourth-order valence-electron chi connectivity index (χ4n) is 2.84. The second-order valence-corrected chi connectivity index (χ2v) is 5.34. The van der Waals surface area contributed by atoms with Gasteiger partial charge in [-0.1, -0.05) is 12.1 Å². The number of benzene rings is 1. The number of para-hydroxylation sites is 2. The first-order valence-electron chi connectivity index (χ1n) is 7.03. The molecule has 2 aliphatic heterocycles. The van der Waals surface area contributed by atoms with Crippen LogP contribution in [-0.2, 0) is 9.59 Å². The summed E-state index contributed by atoms with van der Waals surface area (Å²) in [5.41, 5.74) is 0. The third-order valence-electron chi connectivity index (χ3n) is 3.91. The Hall–Kier alpha value is -2.24. The molecule has 2 heterocycles. The first kappa shape index (κ1) is 13.7. The third-order valence-corrected chi connectivity index (χ3v) is 3.91. The molecule has 6 heteroatoms. The lowest BCUT2D eigenvalue weighted by atomic mass is 10.1. The average molecular weight is 291 g/mol. The van der Waals surface area contributed by atoms with Crippen molar-refractivity contribution in [1.82, 2.24) is 4.90 Å². The summed E-state index contributed by atoms with van der Waals surface area (Å²) in [5, 5.41) is 9.19. The zero-order chi connectivity index (χ0) is 15.0. The summed E-state index contributed by atoms with van der Waals surface area (Å²) in [4.78, 5) is 25.2. The zero-order valence-corrected chi connectivity index (χ0v) is 11.7. The third kappa shape index (κ3) is 2.41. The van der Waals surface area contributed by atoms with Gasteiger partial charge in [-0.2, -0.15) is 0 Å². The maximum absolute atomic E-state index is 12.6. The van der Waals surface area contributed by atoms with Gasteiger partial charge in [-0.25, -0.2) is 4.79 Å². The van der Waals surface area contributed by atoms with Crippen molar-refractivity contribution in [2.24, 2.45) is 0 Å². The summed E-state index contributed by atoms with van der Waals surface area (Å²) in [7, 11) is 0. The molecule has 0 aromatic heterocycles. The average Bonchev–Trinajstić information content (AvgIpc) is 2.95. The lowest BCUT2D eigenvalue weighted by molar-refractivity contribution is -0.154. The van der Waals surface area contributed by atoms with Gasteiger partial charge in [0.25, 0.3) is 5.91 Å². The molecule has 0 spiro atoms. The number of ether oxygens (including phenoxy) is 2. The van der Waals surface area contributed by atoms with Gasteiger partial charge in [-0.15, -0.1) is 0 Å². The fraction of sp³-hybridized carbons (Fsp3) is 0.467. The zero-order valence-electron chi connectivity index (χ0n) is 11.7. The molecular formula is C15H17NO5. The fourth-order valence-corrected chi connectivity index (χ4v) is 2.84. The normalized spacial score (nSPS) is 27.5. The van der Waals surface area contributed by atoms with E-state index in [0.717, 1.165) is 0 Å². The van der Waals surface area contributed by atoms with Crippen LogP contribution in [0.1, 0.15) is 19.8 Å². The van der Waals surface area contributed by atoms with Crippen molar-refractivity contribution in [3.63, 3.8) is 0 Å². The van der Waals surface area contributed by atoms with E-state index in [-0.39, 0.29) is 5.91 Å². The minimum absolute atomic E-state index is 0.318. The van der Waals surface area contributed by atoms with E-state index in [1.807, 2.05) is 6.07 Å². The lowest BCUT2D eigenvalue weighted by Crippen LogP contribution is -2.53. The number of fused-ring (bicyclic) bond motifs is 1. The van der Waals surface area contributed by atoms with Crippen LogP contribution in [0.3, 0.4) is 0 Å². The summed E-state index contributed by atoms with van der Waals surface area (Å²) < 4.78 is 11.4. The van der Waals surface area contributed by atoms with Crippen LogP contribution in [0.15, 0.2) is 24.3 Å². The van der Waals surface area contributed by atoms with Gasteiger partial charge in [0.05, 0.1) is 0 Å². The Kier molecular flexibility index (Phi) is 3.45. The quantitative estimate of drug-likeness (QED) is 0.888. The number of carboxylic acid groups (broad SMARTS) is 1. The van der Waals surface area contributed by atoms with Crippen LogP contribution in [0.4, 0.5) is 0 Å². The standard InChI is InChI=1S/C15H17NO5/c1-9-13(21-12-7-3-2-6-11(12)20-9)14(17)16-8-4-5-10(16)15(18)19/h2-3,6-7,9-10,13H,4-5,8H2,1H3,(H,18,19)/t9?,10-,13?/m0/s1. The summed E-state index contributed by atoms with van der Waals surface area (Å²) >= 11 is 0. The summed E-state index contributed by atoms with van der Waals surface area (Å²) in [6.07, 6.45) is -0.0803. The predicted octanol–water partition coefficient (Wildman–Crippen LogP) is 1.29. The number of likely N-dealkylation sites (tertiary alicyclic amines) is 1. The highest BCUT2D eigenvalue weighted by Gasteiger charge is 2.42. The van der Waals surface area contributed by atoms with E-state index in [2.05, 4.69) is 0 Å². The van der Waals surface area contributed by atoms with Crippen molar-refractivity contribution in [1.29, 1.82) is 0 Å². The lowest BCUT2D eigenvalue weighted by Gasteiger charge is -2.34. The Morgan fingerprint density at radius 1 is 1.24 bits per heavy atom. The second kappa shape index (κ2) is 5.27. The Balaban J connectivity index is 1.81. The van der Waals surface area contributed by atoms with Crippen LogP contribution in [0.2, 0.25) is 0 Å². The van der Waals surface area contributed by atoms with Crippen molar-refractivity contribution in [2.75, 3.05) is 6.54 Å². The van der Waals surface area contributed by atoms with Gasteiger partial charge >= 0.3 is 5.97 Å². The number of amides is 1. The van der Waals surface area contributed by atoms with Gasteiger partial charge in [-0.05, 0) is 31.9 Å².